The molecule has 1 saturated heterocycles. The maximum atomic E-state index is 5.64. The zero-order valence-corrected chi connectivity index (χ0v) is 12.7. The largest absolute Gasteiger partial charge is 0.463 e. The fourth-order valence-corrected chi connectivity index (χ4v) is 2.41. The van der Waals surface area contributed by atoms with Crippen LogP contribution in [-0.2, 0) is 4.74 Å². The molecule has 1 aliphatic rings. The normalized spacial score (nSPS) is 18.2. The molecule has 0 atom stereocenters. The van der Waals surface area contributed by atoms with Gasteiger partial charge in [-0.3, -0.25) is 4.90 Å². The van der Waals surface area contributed by atoms with Crippen LogP contribution in [0.3, 0.4) is 0 Å². The molecule has 1 aromatic rings. The van der Waals surface area contributed by atoms with Crippen LogP contribution < -0.4 is 4.90 Å². The molecule has 0 amide bonds. The lowest BCUT2D eigenvalue weighted by atomic mass is 10.2. The monoisotopic (exact) mass is 262 g/mol. The first-order chi connectivity index (χ1) is 8.46. The molecule has 2 rings (SSSR count). The van der Waals surface area contributed by atoms with Gasteiger partial charge in [0.15, 0.2) is 0 Å². The summed E-state index contributed by atoms with van der Waals surface area (Å²) in [5, 5.41) is 0. The van der Waals surface area contributed by atoms with Crippen molar-refractivity contribution in [2.45, 2.75) is 26.6 Å². The highest BCUT2D eigenvalue weighted by molar-refractivity contribution is 6.76. The van der Waals surface area contributed by atoms with E-state index in [4.69, 9.17) is 4.74 Å². The first-order valence-corrected chi connectivity index (χ1v) is 10.2. The van der Waals surface area contributed by atoms with Crippen molar-refractivity contribution < 1.29 is 4.74 Å². The van der Waals surface area contributed by atoms with E-state index in [-0.39, 0.29) is 0 Å². The van der Waals surface area contributed by atoms with Crippen molar-refractivity contribution in [2.75, 3.05) is 24.2 Å². The number of aliphatic imine (C=N–C) groups is 1. The van der Waals surface area contributed by atoms with Crippen LogP contribution in [0.15, 0.2) is 29.3 Å². The summed E-state index contributed by atoms with van der Waals surface area (Å²) in [7, 11) is -1.16. The number of ether oxygens (including phenoxy) is 1. The van der Waals surface area contributed by atoms with Gasteiger partial charge >= 0.3 is 0 Å². The van der Waals surface area contributed by atoms with Gasteiger partial charge in [-0.1, -0.05) is 37.3 Å². The molecule has 0 bridgehead atoms. The van der Waals surface area contributed by atoms with Crippen molar-refractivity contribution in [1.29, 1.82) is 0 Å². The van der Waals surface area contributed by atoms with Crippen molar-refractivity contribution in [2.24, 2.45) is 4.99 Å². The van der Waals surface area contributed by atoms with E-state index in [1.54, 1.807) is 0 Å². The molecule has 98 valence electrons. The van der Waals surface area contributed by atoms with Gasteiger partial charge < -0.3 is 4.74 Å². The Kier molecular flexibility index (Phi) is 3.75. The number of aryl methyl sites for hydroxylation is 1. The first-order valence-electron chi connectivity index (χ1n) is 6.47. The van der Waals surface area contributed by atoms with Crippen molar-refractivity contribution in [3.8, 4) is 0 Å². The molecule has 18 heavy (non-hydrogen) atoms. The third-order valence-corrected chi connectivity index (χ3v) is 3.92. The SMILES string of the molecule is Cc1ccc(N2CCO/C2=N/C[Si](C)(C)C)cc1. The van der Waals surface area contributed by atoms with Crippen LogP contribution in [0.5, 0.6) is 0 Å². The molecule has 1 heterocycles. The second kappa shape index (κ2) is 5.14. The maximum absolute atomic E-state index is 5.64. The quantitative estimate of drug-likeness (QED) is 0.782. The van der Waals surface area contributed by atoms with Gasteiger partial charge in [0.05, 0.1) is 14.6 Å². The molecule has 1 fully saturated rings. The van der Waals surface area contributed by atoms with Crippen LogP contribution in [0.4, 0.5) is 5.69 Å². The Bertz CT molecular complexity index is 434. The molecule has 0 aliphatic carbocycles. The number of hydrogen-bond donors (Lipinski definition) is 0. The van der Waals surface area contributed by atoms with Crippen molar-refractivity contribution >= 4 is 19.8 Å². The van der Waals surface area contributed by atoms with E-state index in [1.807, 2.05) is 0 Å². The average Bonchev–Trinajstić information content (AvgIpc) is 2.75. The van der Waals surface area contributed by atoms with E-state index in [9.17, 15) is 0 Å². The summed E-state index contributed by atoms with van der Waals surface area (Å²) in [6.45, 7) is 10.7. The van der Waals surface area contributed by atoms with Crippen molar-refractivity contribution in [1.82, 2.24) is 0 Å². The van der Waals surface area contributed by atoms with Crippen LogP contribution in [0.1, 0.15) is 5.56 Å². The Balaban J connectivity index is 2.14. The highest BCUT2D eigenvalue weighted by atomic mass is 28.3. The smallest absolute Gasteiger partial charge is 0.291 e. The average molecular weight is 262 g/mol. The summed E-state index contributed by atoms with van der Waals surface area (Å²) in [6, 6.07) is 9.32. The molecule has 1 aromatic carbocycles. The Morgan fingerprint density at radius 2 is 1.89 bits per heavy atom. The van der Waals surface area contributed by atoms with Crippen LogP contribution >= 0.6 is 0 Å². The molecule has 4 heteroatoms. The van der Waals surface area contributed by atoms with Crippen LogP contribution in [0.25, 0.3) is 0 Å². The molecular formula is C14H22N2OSi. The second-order valence-electron chi connectivity index (χ2n) is 6.00. The van der Waals surface area contributed by atoms with Crippen LogP contribution in [0.2, 0.25) is 19.6 Å². The highest BCUT2D eigenvalue weighted by Crippen LogP contribution is 2.19. The summed E-state index contributed by atoms with van der Waals surface area (Å²) in [4.78, 5) is 6.82. The molecule has 3 nitrogen and oxygen atoms in total. The first kappa shape index (κ1) is 13.1. The van der Waals surface area contributed by atoms with E-state index in [0.29, 0.717) is 0 Å². The minimum Gasteiger partial charge on any atom is -0.463 e. The van der Waals surface area contributed by atoms with E-state index < -0.39 is 8.07 Å². The van der Waals surface area contributed by atoms with E-state index in [1.165, 1.54) is 11.3 Å². The fraction of sp³-hybridized carbons (Fsp3) is 0.500. The molecule has 0 spiro atoms. The maximum Gasteiger partial charge on any atom is 0.291 e. The molecule has 0 N–H and O–H groups in total. The molecule has 0 unspecified atom stereocenters. The van der Waals surface area contributed by atoms with Gasteiger partial charge in [-0.2, -0.15) is 0 Å². The van der Waals surface area contributed by atoms with Gasteiger partial charge in [0.1, 0.15) is 6.61 Å². The molecule has 0 saturated carbocycles. The van der Waals surface area contributed by atoms with E-state index in [0.717, 1.165) is 25.3 Å². The summed E-state index contributed by atoms with van der Waals surface area (Å²) in [5.41, 5.74) is 2.45. The van der Waals surface area contributed by atoms with Gasteiger partial charge in [0.2, 0.25) is 0 Å². The molecule has 0 aromatic heterocycles. The zero-order chi connectivity index (χ0) is 13.2. The number of benzene rings is 1. The van der Waals surface area contributed by atoms with E-state index in [2.05, 4.69) is 60.7 Å². The van der Waals surface area contributed by atoms with Gasteiger partial charge in [-0.15, -0.1) is 0 Å². The Morgan fingerprint density at radius 1 is 1.22 bits per heavy atom. The fourth-order valence-electron chi connectivity index (χ4n) is 1.80. The van der Waals surface area contributed by atoms with Gasteiger partial charge in [0, 0.05) is 11.9 Å². The molecular weight excluding hydrogens is 240 g/mol. The third kappa shape index (κ3) is 3.35. The summed E-state index contributed by atoms with van der Waals surface area (Å²) >= 11 is 0. The number of rotatable bonds is 3. The molecule has 0 radical (unpaired) electrons. The van der Waals surface area contributed by atoms with Gasteiger partial charge in [-0.05, 0) is 19.1 Å². The molecule has 1 aliphatic heterocycles. The van der Waals surface area contributed by atoms with E-state index >= 15 is 0 Å². The standard InChI is InChI=1S/C14H22N2OSi/c1-12-5-7-13(8-6-12)16-9-10-17-14(16)15-11-18(2,3)4/h5-8H,9-11H2,1-4H3/b15-14+. The minimum absolute atomic E-state index is 0.735. The summed E-state index contributed by atoms with van der Waals surface area (Å²) in [5.74, 6) is 0. The predicted molar refractivity (Wildman–Crippen MR) is 80.1 cm³/mol. The Labute approximate surface area is 110 Å². The lowest BCUT2D eigenvalue weighted by Gasteiger charge is -2.18. The topological polar surface area (TPSA) is 24.8 Å². The highest BCUT2D eigenvalue weighted by Gasteiger charge is 2.23. The Hall–Kier alpha value is -1.29. The lowest BCUT2D eigenvalue weighted by molar-refractivity contribution is 0.351. The predicted octanol–water partition coefficient (Wildman–Crippen LogP) is 3.07. The zero-order valence-electron chi connectivity index (χ0n) is 11.7. The van der Waals surface area contributed by atoms with Gasteiger partial charge in [-0.25, -0.2) is 4.99 Å². The second-order valence-corrected chi connectivity index (χ2v) is 11.4. The Morgan fingerprint density at radius 3 is 2.50 bits per heavy atom. The number of nitrogens with zero attached hydrogens (tertiary/aromatic N) is 2. The van der Waals surface area contributed by atoms with Crippen molar-refractivity contribution in [3.63, 3.8) is 0 Å². The van der Waals surface area contributed by atoms with Crippen LogP contribution in [-0.4, -0.2) is 33.4 Å². The number of amidine groups is 1. The number of hydrogen-bond acceptors (Lipinski definition) is 2. The van der Waals surface area contributed by atoms with Gasteiger partial charge in [0.25, 0.3) is 6.02 Å². The van der Waals surface area contributed by atoms with Crippen LogP contribution in [0, 0.1) is 6.92 Å². The minimum atomic E-state index is -1.16. The number of anilines is 1. The summed E-state index contributed by atoms with van der Waals surface area (Å²) in [6.07, 6.45) is 0.921. The third-order valence-electron chi connectivity index (χ3n) is 2.81. The summed E-state index contributed by atoms with van der Waals surface area (Å²) < 4.78 is 5.64. The lowest BCUT2D eigenvalue weighted by Crippen LogP contribution is -2.30. The van der Waals surface area contributed by atoms with Crippen molar-refractivity contribution in [3.05, 3.63) is 29.8 Å².